The molecule has 0 spiro atoms. The van der Waals surface area contributed by atoms with Crippen LogP contribution in [0.25, 0.3) is 0 Å². The maximum atomic E-state index is 13.3. The number of guanidine groups is 1. The molecule has 0 fully saturated rings. The van der Waals surface area contributed by atoms with Gasteiger partial charge in [-0.2, -0.15) is 0 Å². The largest absolute Gasteiger partial charge is 0.394 e. The summed E-state index contributed by atoms with van der Waals surface area (Å²) in [5, 5.41) is 21.9. The van der Waals surface area contributed by atoms with Crippen LogP contribution in [0.5, 0.6) is 0 Å². The van der Waals surface area contributed by atoms with Crippen LogP contribution in [-0.2, 0) is 41.6 Å². The quantitative estimate of drug-likeness (QED) is 0.0298. The summed E-state index contributed by atoms with van der Waals surface area (Å²) in [5.41, 5.74) is 17.7. The molecule has 0 aliphatic rings. The van der Waals surface area contributed by atoms with Crippen LogP contribution in [0.4, 0.5) is 0 Å². The molecule has 0 saturated heterocycles. The lowest BCUT2D eigenvalue weighted by molar-refractivity contribution is -0.133. The van der Waals surface area contributed by atoms with Crippen LogP contribution >= 0.6 is 0 Å². The summed E-state index contributed by atoms with van der Waals surface area (Å²) in [6.45, 7) is -1.39. The van der Waals surface area contributed by atoms with Gasteiger partial charge in [-0.05, 0) is 24.0 Å². The molecule has 5 amide bonds. The number of aliphatic hydroxyl groups excluding tert-OH is 1. The van der Waals surface area contributed by atoms with E-state index >= 15 is 0 Å². The maximum absolute atomic E-state index is 13.3. The molecule has 2 aromatic carbocycles. The zero-order valence-corrected chi connectivity index (χ0v) is 25.9. The Kier molecular flexibility index (Phi) is 16.6. The van der Waals surface area contributed by atoms with Gasteiger partial charge in [-0.3, -0.25) is 29.0 Å². The van der Waals surface area contributed by atoms with Crippen molar-refractivity contribution < 1.29 is 33.9 Å². The van der Waals surface area contributed by atoms with Gasteiger partial charge in [-0.1, -0.05) is 60.7 Å². The lowest BCUT2D eigenvalue weighted by Crippen LogP contribution is -2.56. The summed E-state index contributed by atoms with van der Waals surface area (Å²) in [6.07, 6.45) is 0.904. The number of aliphatic hydroxyl groups is 1. The Labute approximate surface area is 272 Å². The average Bonchev–Trinajstić information content (AvgIpc) is 3.07. The second kappa shape index (κ2) is 20.6. The van der Waals surface area contributed by atoms with E-state index in [1.165, 1.54) is 0 Å². The second-order valence-electron chi connectivity index (χ2n) is 10.5. The molecule has 0 heterocycles. The monoisotopic (exact) mass is 653 g/mol. The second-order valence-corrected chi connectivity index (χ2v) is 10.5. The van der Waals surface area contributed by atoms with E-state index in [2.05, 4.69) is 31.6 Å². The van der Waals surface area contributed by atoms with E-state index in [9.17, 15) is 33.9 Å². The third kappa shape index (κ3) is 14.5. The van der Waals surface area contributed by atoms with Crippen molar-refractivity contribution in [3.05, 3.63) is 71.8 Å². The van der Waals surface area contributed by atoms with Crippen LogP contribution in [0.3, 0.4) is 0 Å². The third-order valence-electron chi connectivity index (χ3n) is 6.74. The van der Waals surface area contributed by atoms with Crippen LogP contribution in [0.2, 0.25) is 0 Å². The van der Waals surface area contributed by atoms with Crippen molar-refractivity contribution in [2.75, 3.05) is 26.2 Å². The number of aldehydes is 1. The first-order valence-corrected chi connectivity index (χ1v) is 14.9. The number of carbonyl (C=O) groups excluding carboxylic acids is 6. The lowest BCUT2D eigenvalue weighted by atomic mass is 10.0. The maximum Gasteiger partial charge on any atom is 0.243 e. The first-order chi connectivity index (χ1) is 22.6. The number of nitrogens with zero attached hydrogens (tertiary/aromatic N) is 1. The van der Waals surface area contributed by atoms with Gasteiger partial charge in [-0.15, -0.1) is 0 Å². The van der Waals surface area contributed by atoms with Gasteiger partial charge in [0, 0.05) is 19.4 Å². The van der Waals surface area contributed by atoms with Crippen molar-refractivity contribution in [2.24, 2.45) is 22.2 Å². The van der Waals surface area contributed by atoms with E-state index in [4.69, 9.17) is 17.2 Å². The molecule has 12 N–H and O–H groups in total. The summed E-state index contributed by atoms with van der Waals surface area (Å²) in [4.78, 5) is 79.5. The van der Waals surface area contributed by atoms with Crippen molar-refractivity contribution in [1.82, 2.24) is 26.6 Å². The predicted octanol–water partition coefficient (Wildman–Crippen LogP) is -3.27. The molecule has 0 aliphatic carbocycles. The van der Waals surface area contributed by atoms with Gasteiger partial charge < -0.3 is 53.7 Å². The fourth-order valence-electron chi connectivity index (χ4n) is 4.36. The summed E-state index contributed by atoms with van der Waals surface area (Å²) >= 11 is 0. The Morgan fingerprint density at radius 1 is 0.745 bits per heavy atom. The molecule has 0 aliphatic heterocycles. The minimum atomic E-state index is -1.17. The molecular formula is C31H43N9O7. The Morgan fingerprint density at radius 2 is 1.28 bits per heavy atom. The van der Waals surface area contributed by atoms with Crippen LogP contribution in [-0.4, -0.2) is 97.3 Å². The zero-order valence-electron chi connectivity index (χ0n) is 25.9. The molecule has 4 unspecified atom stereocenters. The number of aliphatic imine (C=N–C) groups is 1. The highest BCUT2D eigenvalue weighted by Crippen LogP contribution is 2.07. The van der Waals surface area contributed by atoms with Crippen LogP contribution < -0.4 is 43.8 Å². The number of amides is 5. The Hall–Kier alpha value is -5.35. The molecular weight excluding hydrogens is 610 g/mol. The number of rotatable bonds is 20. The molecule has 47 heavy (non-hydrogen) atoms. The summed E-state index contributed by atoms with van der Waals surface area (Å²) in [5.74, 6) is -3.54. The van der Waals surface area contributed by atoms with Crippen molar-refractivity contribution in [3.63, 3.8) is 0 Å². The fraction of sp³-hybridized carbons (Fsp3) is 0.387. The predicted molar refractivity (Wildman–Crippen MR) is 173 cm³/mol. The number of carbonyl (C=O) groups is 6. The number of hydrogen-bond acceptors (Lipinski definition) is 9. The summed E-state index contributed by atoms with van der Waals surface area (Å²) < 4.78 is 0. The van der Waals surface area contributed by atoms with Crippen molar-refractivity contribution in [3.8, 4) is 0 Å². The highest BCUT2D eigenvalue weighted by Gasteiger charge is 2.28. The molecule has 0 radical (unpaired) electrons. The molecule has 0 bridgehead atoms. The van der Waals surface area contributed by atoms with Gasteiger partial charge in [0.25, 0.3) is 0 Å². The smallest absolute Gasteiger partial charge is 0.243 e. The first-order valence-electron chi connectivity index (χ1n) is 14.9. The van der Waals surface area contributed by atoms with Crippen LogP contribution in [0, 0.1) is 0 Å². The number of hydrogen-bond donors (Lipinski definition) is 9. The van der Waals surface area contributed by atoms with E-state index < -0.39 is 66.9 Å². The van der Waals surface area contributed by atoms with Crippen LogP contribution in [0.15, 0.2) is 65.7 Å². The van der Waals surface area contributed by atoms with Crippen LogP contribution in [0.1, 0.15) is 24.0 Å². The van der Waals surface area contributed by atoms with E-state index in [1.54, 1.807) is 60.7 Å². The van der Waals surface area contributed by atoms with E-state index in [0.29, 0.717) is 11.8 Å². The van der Waals surface area contributed by atoms with E-state index in [-0.39, 0.29) is 44.7 Å². The Balaban J connectivity index is 2.15. The minimum Gasteiger partial charge on any atom is -0.394 e. The standard InChI is InChI=1S/C31H43N9O7/c32-16-26(43)38-25(15-21-10-5-2-6-11-21)30(47)40-23(12-7-13-35-31(33)34)28(45)36-17-27(44)39-24(14-20-8-3-1-4-9-20)29(46)37-22(18-41)19-42/h1-6,8-11,18,22-25,42H,7,12-17,19,32H2,(H,36,45)(H,37,46)(H,38,43)(H,39,44)(H,40,47)(H4,33,34,35). The molecule has 2 rings (SSSR count). The minimum absolute atomic E-state index is 0.0597. The normalized spacial score (nSPS) is 13.1. The fourth-order valence-corrected chi connectivity index (χ4v) is 4.36. The van der Waals surface area contributed by atoms with Gasteiger partial charge in [0.05, 0.1) is 19.7 Å². The van der Waals surface area contributed by atoms with Gasteiger partial charge in [-0.25, -0.2) is 0 Å². The number of benzene rings is 2. The van der Waals surface area contributed by atoms with Gasteiger partial charge in [0.15, 0.2) is 5.96 Å². The van der Waals surface area contributed by atoms with Gasteiger partial charge in [0.2, 0.25) is 29.5 Å². The van der Waals surface area contributed by atoms with Crippen molar-refractivity contribution >= 4 is 41.8 Å². The Morgan fingerprint density at radius 3 is 1.77 bits per heavy atom. The third-order valence-corrected chi connectivity index (χ3v) is 6.74. The molecule has 2 aromatic rings. The number of nitrogens with two attached hydrogens (primary N) is 3. The summed E-state index contributed by atoms with van der Waals surface area (Å²) in [6, 6.07) is 13.2. The highest BCUT2D eigenvalue weighted by atomic mass is 16.3. The Bertz CT molecular complexity index is 1360. The molecule has 0 aromatic heterocycles. The van der Waals surface area contributed by atoms with Crippen molar-refractivity contribution in [2.45, 2.75) is 49.9 Å². The highest BCUT2D eigenvalue weighted by molar-refractivity contribution is 5.95. The average molecular weight is 654 g/mol. The van der Waals surface area contributed by atoms with E-state index in [1.807, 2.05) is 0 Å². The molecule has 16 nitrogen and oxygen atoms in total. The molecule has 4 atom stereocenters. The summed E-state index contributed by atoms with van der Waals surface area (Å²) in [7, 11) is 0. The molecule has 0 saturated carbocycles. The number of nitrogens with one attached hydrogen (secondary N) is 5. The molecule has 16 heteroatoms. The van der Waals surface area contributed by atoms with E-state index in [0.717, 1.165) is 5.56 Å². The first kappa shape index (κ1) is 37.8. The van der Waals surface area contributed by atoms with Crippen molar-refractivity contribution in [1.29, 1.82) is 0 Å². The topological polar surface area (TPSA) is 273 Å². The zero-order chi connectivity index (χ0) is 34.6. The van der Waals surface area contributed by atoms with Gasteiger partial charge in [0.1, 0.15) is 30.5 Å². The SMILES string of the molecule is NCC(=O)NC(Cc1ccccc1)C(=O)NC(CCCN=C(N)N)C(=O)NCC(=O)NC(Cc1ccccc1)C(=O)NC(C=O)CO. The van der Waals surface area contributed by atoms with Gasteiger partial charge >= 0.3 is 0 Å². The molecule has 254 valence electrons. The lowest BCUT2D eigenvalue weighted by Gasteiger charge is -2.24.